The van der Waals surface area contributed by atoms with Crippen molar-refractivity contribution in [1.82, 2.24) is 15.5 Å². The van der Waals surface area contributed by atoms with Gasteiger partial charge in [0.15, 0.2) is 12.6 Å². The molecule has 6 nitrogen and oxygen atoms in total. The maximum absolute atomic E-state index is 12.2. The van der Waals surface area contributed by atoms with Gasteiger partial charge >= 0.3 is 6.18 Å². The molecule has 1 aliphatic heterocycles. The van der Waals surface area contributed by atoms with Crippen molar-refractivity contribution < 1.29 is 22.6 Å². The summed E-state index contributed by atoms with van der Waals surface area (Å²) in [5, 5.41) is 6.60. The topological polar surface area (TPSA) is 58.1 Å². The number of aliphatic imine (C=N–C) groups is 1. The molecule has 158 valence electrons. The van der Waals surface area contributed by atoms with Gasteiger partial charge < -0.3 is 25.0 Å². The van der Waals surface area contributed by atoms with Gasteiger partial charge in [0, 0.05) is 38.9 Å². The Morgan fingerprint density at radius 3 is 2.36 bits per heavy atom. The van der Waals surface area contributed by atoms with Crippen molar-refractivity contribution in [3.8, 4) is 5.75 Å². The lowest BCUT2D eigenvalue weighted by Crippen LogP contribution is -2.57. The Bertz CT molecular complexity index is 627. The van der Waals surface area contributed by atoms with Crippen LogP contribution in [0.15, 0.2) is 29.3 Å². The van der Waals surface area contributed by atoms with Gasteiger partial charge in [-0.05, 0) is 44.6 Å². The third-order valence-electron chi connectivity index (χ3n) is 4.97. The van der Waals surface area contributed by atoms with Crippen molar-refractivity contribution in [1.29, 1.82) is 0 Å². The van der Waals surface area contributed by atoms with Crippen LogP contribution in [-0.4, -0.2) is 70.1 Å². The van der Waals surface area contributed by atoms with Crippen molar-refractivity contribution in [2.45, 2.75) is 31.1 Å². The molecule has 1 aromatic carbocycles. The van der Waals surface area contributed by atoms with Crippen LogP contribution >= 0.6 is 0 Å². The highest BCUT2D eigenvalue weighted by molar-refractivity contribution is 5.79. The first-order chi connectivity index (χ1) is 13.2. The lowest BCUT2D eigenvalue weighted by atomic mass is 9.88. The van der Waals surface area contributed by atoms with Gasteiger partial charge in [-0.25, -0.2) is 0 Å². The summed E-state index contributed by atoms with van der Waals surface area (Å²) in [6.45, 7) is 1.44. The molecule has 1 saturated heterocycles. The van der Waals surface area contributed by atoms with Crippen molar-refractivity contribution in [3.05, 3.63) is 29.8 Å². The zero-order valence-electron chi connectivity index (χ0n) is 16.6. The monoisotopic (exact) mass is 402 g/mol. The van der Waals surface area contributed by atoms with Crippen LogP contribution in [0.1, 0.15) is 18.4 Å². The number of benzene rings is 1. The van der Waals surface area contributed by atoms with E-state index in [1.807, 2.05) is 0 Å². The van der Waals surface area contributed by atoms with Crippen LogP contribution in [0.3, 0.4) is 0 Å². The van der Waals surface area contributed by atoms with E-state index in [2.05, 4.69) is 34.6 Å². The molecule has 28 heavy (non-hydrogen) atoms. The number of nitrogens with one attached hydrogen (secondary N) is 2. The second kappa shape index (κ2) is 9.97. The minimum Gasteiger partial charge on any atom is -0.484 e. The fourth-order valence-electron chi connectivity index (χ4n) is 3.06. The minimum absolute atomic E-state index is 0.0212. The molecule has 0 amide bonds. The molecule has 2 N–H and O–H groups in total. The number of guanidine groups is 1. The van der Waals surface area contributed by atoms with Crippen LogP contribution in [0.2, 0.25) is 0 Å². The van der Waals surface area contributed by atoms with Crippen LogP contribution in [0.5, 0.6) is 5.75 Å². The molecular weight excluding hydrogens is 373 g/mol. The van der Waals surface area contributed by atoms with Gasteiger partial charge in [-0.2, -0.15) is 13.2 Å². The predicted octanol–water partition coefficient (Wildman–Crippen LogP) is 2.40. The maximum Gasteiger partial charge on any atom is 0.422 e. The summed E-state index contributed by atoms with van der Waals surface area (Å²) < 4.78 is 46.8. The zero-order chi connectivity index (χ0) is 20.6. The maximum atomic E-state index is 12.2. The molecule has 1 aliphatic rings. The van der Waals surface area contributed by atoms with Gasteiger partial charge in [0.05, 0.1) is 0 Å². The normalized spacial score (nSPS) is 17.5. The summed E-state index contributed by atoms with van der Waals surface area (Å²) >= 11 is 0. The van der Waals surface area contributed by atoms with E-state index in [0.717, 1.165) is 38.2 Å². The van der Waals surface area contributed by atoms with E-state index < -0.39 is 12.8 Å². The molecule has 1 aromatic rings. The lowest BCUT2D eigenvalue weighted by molar-refractivity contribution is -0.153. The number of alkyl halides is 3. The molecule has 0 aromatic heterocycles. The highest BCUT2D eigenvalue weighted by Gasteiger charge is 2.34. The summed E-state index contributed by atoms with van der Waals surface area (Å²) in [5.74, 6) is 0.862. The SMILES string of the molecule is CN=C(NCc1ccc(OCC(F)(F)F)cc1)NCC1(N(C)C)CCOCC1. The Balaban J connectivity index is 1.83. The average molecular weight is 402 g/mol. The van der Waals surface area contributed by atoms with Gasteiger partial charge in [-0.1, -0.05) is 12.1 Å². The lowest BCUT2D eigenvalue weighted by Gasteiger charge is -2.43. The highest BCUT2D eigenvalue weighted by atomic mass is 19.4. The fraction of sp³-hybridized carbons (Fsp3) is 0.632. The standard InChI is InChI=1S/C19H29F3N4O2/c1-23-17(25-13-18(26(2)3)8-10-27-11-9-18)24-12-15-4-6-16(7-5-15)28-14-19(20,21)22/h4-7H,8-14H2,1-3H3,(H2,23,24,25). The fourth-order valence-corrected chi connectivity index (χ4v) is 3.06. The first-order valence-electron chi connectivity index (χ1n) is 9.22. The molecule has 1 fully saturated rings. The molecule has 0 radical (unpaired) electrons. The van der Waals surface area contributed by atoms with Crippen molar-refractivity contribution in [2.75, 3.05) is 47.5 Å². The third kappa shape index (κ3) is 6.87. The van der Waals surface area contributed by atoms with E-state index in [1.165, 1.54) is 12.1 Å². The second-order valence-corrected chi connectivity index (χ2v) is 7.06. The Labute approximate surface area is 164 Å². The summed E-state index contributed by atoms with van der Waals surface area (Å²) in [4.78, 5) is 6.48. The number of halogens is 3. The first kappa shape index (κ1) is 22.3. The zero-order valence-corrected chi connectivity index (χ0v) is 16.6. The summed E-state index contributed by atoms with van der Waals surface area (Å²) in [6.07, 6.45) is -2.44. The van der Waals surface area contributed by atoms with Crippen LogP contribution < -0.4 is 15.4 Å². The molecule has 0 spiro atoms. The summed E-state index contributed by atoms with van der Waals surface area (Å²) in [5.41, 5.74) is 0.934. The quantitative estimate of drug-likeness (QED) is 0.542. The van der Waals surface area contributed by atoms with Gasteiger partial charge in [-0.3, -0.25) is 4.99 Å². The van der Waals surface area contributed by atoms with E-state index in [1.54, 1.807) is 19.2 Å². The highest BCUT2D eigenvalue weighted by Crippen LogP contribution is 2.25. The third-order valence-corrected chi connectivity index (χ3v) is 4.97. The van der Waals surface area contributed by atoms with Crippen LogP contribution in [0, 0.1) is 0 Å². The first-order valence-corrected chi connectivity index (χ1v) is 9.22. The number of rotatable bonds is 7. The average Bonchev–Trinajstić information content (AvgIpc) is 2.67. The molecule has 9 heteroatoms. The largest absolute Gasteiger partial charge is 0.484 e. The molecular formula is C19H29F3N4O2. The van der Waals surface area contributed by atoms with Gasteiger partial charge in [-0.15, -0.1) is 0 Å². The van der Waals surface area contributed by atoms with Gasteiger partial charge in [0.1, 0.15) is 5.75 Å². The van der Waals surface area contributed by atoms with E-state index >= 15 is 0 Å². The van der Waals surface area contributed by atoms with E-state index in [0.29, 0.717) is 12.5 Å². The Kier molecular flexibility index (Phi) is 7.94. The van der Waals surface area contributed by atoms with E-state index in [9.17, 15) is 13.2 Å². The second-order valence-electron chi connectivity index (χ2n) is 7.06. The van der Waals surface area contributed by atoms with Crippen molar-refractivity contribution in [2.24, 2.45) is 4.99 Å². The van der Waals surface area contributed by atoms with Crippen molar-refractivity contribution in [3.63, 3.8) is 0 Å². The molecule has 0 atom stereocenters. The number of nitrogens with zero attached hydrogens (tertiary/aromatic N) is 2. The number of hydrogen-bond acceptors (Lipinski definition) is 4. The predicted molar refractivity (Wildman–Crippen MR) is 103 cm³/mol. The number of hydrogen-bond donors (Lipinski definition) is 2. The van der Waals surface area contributed by atoms with Crippen molar-refractivity contribution >= 4 is 5.96 Å². The molecule has 0 saturated carbocycles. The number of ether oxygens (including phenoxy) is 2. The van der Waals surface area contributed by atoms with Gasteiger partial charge in [0.25, 0.3) is 0 Å². The Hall–Kier alpha value is -2.00. The van der Waals surface area contributed by atoms with Crippen LogP contribution in [0.4, 0.5) is 13.2 Å². The Morgan fingerprint density at radius 1 is 1.18 bits per heavy atom. The molecule has 2 rings (SSSR count). The van der Waals surface area contributed by atoms with E-state index in [4.69, 9.17) is 9.47 Å². The summed E-state index contributed by atoms with van der Waals surface area (Å²) in [7, 11) is 5.85. The smallest absolute Gasteiger partial charge is 0.422 e. The molecule has 0 bridgehead atoms. The van der Waals surface area contributed by atoms with Crippen LogP contribution in [-0.2, 0) is 11.3 Å². The molecule has 0 unspecified atom stereocenters. The number of likely N-dealkylation sites (N-methyl/N-ethyl adjacent to an activating group) is 1. The Morgan fingerprint density at radius 2 is 1.82 bits per heavy atom. The molecule has 1 heterocycles. The van der Waals surface area contributed by atoms with E-state index in [-0.39, 0.29) is 11.3 Å². The van der Waals surface area contributed by atoms with Gasteiger partial charge in [0.2, 0.25) is 0 Å². The minimum atomic E-state index is -4.34. The summed E-state index contributed by atoms with van der Waals surface area (Å²) in [6, 6.07) is 6.52. The molecule has 0 aliphatic carbocycles. The van der Waals surface area contributed by atoms with Crippen LogP contribution in [0.25, 0.3) is 0 Å².